The summed E-state index contributed by atoms with van der Waals surface area (Å²) in [6.45, 7) is 6.12. The molecular weight excluding hydrogens is 314 g/mol. The predicted molar refractivity (Wildman–Crippen MR) is 74.3 cm³/mol. The van der Waals surface area contributed by atoms with Gasteiger partial charge in [-0.2, -0.15) is 0 Å². The van der Waals surface area contributed by atoms with Gasteiger partial charge < -0.3 is 0 Å². The van der Waals surface area contributed by atoms with Crippen LogP contribution in [0.4, 0.5) is 0 Å². The zero-order chi connectivity index (χ0) is 13.2. The second-order valence-electron chi connectivity index (χ2n) is 4.47. The molecule has 0 bridgehead atoms. The third-order valence-electron chi connectivity index (χ3n) is 2.50. The second-order valence-corrected chi connectivity index (χ2v) is 8.59. The Morgan fingerprint density at radius 2 is 2.00 bits per heavy atom. The Hall–Kier alpha value is -0.371. The Kier molecular flexibility index (Phi) is 4.15. The van der Waals surface area contributed by atoms with Crippen molar-refractivity contribution in [3.63, 3.8) is 0 Å². The molecule has 0 saturated carbocycles. The molecule has 1 aliphatic rings. The van der Waals surface area contributed by atoms with Gasteiger partial charge in [-0.1, -0.05) is 0 Å². The first-order valence-electron chi connectivity index (χ1n) is 5.86. The van der Waals surface area contributed by atoms with Crippen LogP contribution in [0.5, 0.6) is 0 Å². The van der Waals surface area contributed by atoms with Crippen molar-refractivity contribution in [2.24, 2.45) is 0 Å². The Bertz CT molecular complexity index is 496. The Labute approximate surface area is 114 Å². The molecule has 1 heterocycles. The number of hydrogen-bond acceptors (Lipinski definition) is 3. The van der Waals surface area contributed by atoms with Crippen LogP contribution in [0.1, 0.15) is 20.8 Å². The summed E-state index contributed by atoms with van der Waals surface area (Å²) in [7, 11) is -3.03. The first kappa shape index (κ1) is 14.0. The van der Waals surface area contributed by atoms with Crippen LogP contribution >= 0.6 is 7.60 Å². The van der Waals surface area contributed by atoms with E-state index in [1.165, 1.54) is 4.46 Å². The van der Waals surface area contributed by atoms with Crippen molar-refractivity contribution in [1.29, 1.82) is 0 Å². The SMILES string of the molecule is CCOP1(=O)C=C([Se]c2ccccc2)C(C)(C)O1. The van der Waals surface area contributed by atoms with Crippen molar-refractivity contribution in [3.8, 4) is 0 Å². The van der Waals surface area contributed by atoms with E-state index in [4.69, 9.17) is 9.05 Å². The normalized spacial score (nSPS) is 26.1. The molecule has 1 aromatic carbocycles. The van der Waals surface area contributed by atoms with Gasteiger partial charge >= 0.3 is 114 Å². The van der Waals surface area contributed by atoms with Gasteiger partial charge in [0.2, 0.25) is 0 Å². The molecule has 1 aromatic rings. The van der Waals surface area contributed by atoms with Crippen LogP contribution < -0.4 is 4.46 Å². The number of hydrogen-bond donors (Lipinski definition) is 0. The summed E-state index contributed by atoms with van der Waals surface area (Å²) in [6.07, 6.45) is 0. The predicted octanol–water partition coefficient (Wildman–Crippen LogP) is 2.90. The van der Waals surface area contributed by atoms with Crippen molar-refractivity contribution >= 4 is 27.0 Å². The molecule has 1 atom stereocenters. The fourth-order valence-electron chi connectivity index (χ4n) is 1.70. The summed E-state index contributed by atoms with van der Waals surface area (Å²) < 4.78 is 25.5. The summed E-state index contributed by atoms with van der Waals surface area (Å²) in [5.41, 5.74) is -0.499. The summed E-state index contributed by atoms with van der Waals surface area (Å²) in [4.78, 5) is 0. The Morgan fingerprint density at radius 3 is 2.61 bits per heavy atom. The van der Waals surface area contributed by atoms with Gasteiger partial charge in [0, 0.05) is 0 Å². The van der Waals surface area contributed by atoms with Gasteiger partial charge in [-0.25, -0.2) is 0 Å². The van der Waals surface area contributed by atoms with Gasteiger partial charge in [-0.05, 0) is 0 Å². The van der Waals surface area contributed by atoms with Crippen molar-refractivity contribution < 1.29 is 13.6 Å². The van der Waals surface area contributed by atoms with Crippen molar-refractivity contribution in [2.75, 3.05) is 6.61 Å². The summed E-state index contributed by atoms with van der Waals surface area (Å²) in [5.74, 6) is 1.71. The summed E-state index contributed by atoms with van der Waals surface area (Å²) >= 11 is 0.119. The van der Waals surface area contributed by atoms with Crippen LogP contribution in [0.2, 0.25) is 0 Å². The molecular formula is C13H17O3PSe. The standard InChI is InChI=1S/C13H17O3PSe/c1-4-15-17(14)10-12(13(2,3)16-17)18-11-8-6-5-7-9-11/h5-10H,4H2,1-3H3. The van der Waals surface area contributed by atoms with E-state index in [0.717, 1.165) is 4.47 Å². The van der Waals surface area contributed by atoms with E-state index in [0.29, 0.717) is 6.61 Å². The van der Waals surface area contributed by atoms with Crippen LogP contribution in [0.15, 0.2) is 40.6 Å². The molecule has 5 heteroatoms. The van der Waals surface area contributed by atoms with Crippen molar-refractivity contribution in [1.82, 2.24) is 0 Å². The van der Waals surface area contributed by atoms with Crippen LogP contribution in [0, 0.1) is 0 Å². The molecule has 0 aromatic heterocycles. The van der Waals surface area contributed by atoms with Crippen LogP contribution in [0.3, 0.4) is 0 Å². The zero-order valence-electron chi connectivity index (χ0n) is 10.8. The molecule has 0 N–H and O–H groups in total. The minimum absolute atomic E-state index is 0.119. The Morgan fingerprint density at radius 1 is 1.33 bits per heavy atom. The molecule has 0 fully saturated rings. The van der Waals surface area contributed by atoms with Gasteiger partial charge in [-0.3, -0.25) is 0 Å². The van der Waals surface area contributed by atoms with Gasteiger partial charge in [0.15, 0.2) is 0 Å². The van der Waals surface area contributed by atoms with Gasteiger partial charge in [-0.15, -0.1) is 0 Å². The van der Waals surface area contributed by atoms with E-state index in [9.17, 15) is 4.57 Å². The van der Waals surface area contributed by atoms with Crippen LogP contribution in [0.25, 0.3) is 0 Å². The van der Waals surface area contributed by atoms with Gasteiger partial charge in [0.05, 0.1) is 0 Å². The fraction of sp³-hybridized carbons (Fsp3) is 0.385. The molecule has 1 unspecified atom stereocenters. The Balaban J connectivity index is 2.23. The third kappa shape index (κ3) is 3.14. The topological polar surface area (TPSA) is 35.5 Å². The van der Waals surface area contributed by atoms with E-state index in [1.807, 2.05) is 39.0 Å². The molecule has 0 saturated heterocycles. The first-order valence-corrected chi connectivity index (χ1v) is 9.19. The molecule has 0 aliphatic carbocycles. The molecule has 0 radical (unpaired) electrons. The average molecular weight is 331 g/mol. The van der Waals surface area contributed by atoms with Crippen LogP contribution in [-0.4, -0.2) is 27.2 Å². The zero-order valence-corrected chi connectivity index (χ0v) is 13.4. The van der Waals surface area contributed by atoms with Crippen molar-refractivity contribution in [2.45, 2.75) is 26.4 Å². The van der Waals surface area contributed by atoms with Crippen LogP contribution in [-0.2, 0) is 13.6 Å². The maximum absolute atomic E-state index is 12.3. The third-order valence-corrected chi connectivity index (χ3v) is 7.61. The molecule has 18 heavy (non-hydrogen) atoms. The van der Waals surface area contributed by atoms with E-state index in [2.05, 4.69) is 12.1 Å². The molecule has 0 spiro atoms. The van der Waals surface area contributed by atoms with E-state index >= 15 is 0 Å². The van der Waals surface area contributed by atoms with E-state index < -0.39 is 13.2 Å². The number of rotatable bonds is 4. The second kappa shape index (κ2) is 5.32. The average Bonchev–Trinajstić information content (AvgIpc) is 2.50. The number of benzene rings is 1. The maximum atomic E-state index is 12.3. The van der Waals surface area contributed by atoms with Gasteiger partial charge in [0.1, 0.15) is 0 Å². The fourth-order valence-corrected chi connectivity index (χ4v) is 6.66. The van der Waals surface area contributed by atoms with Crippen molar-refractivity contribution in [3.05, 3.63) is 40.6 Å². The molecule has 1 aliphatic heterocycles. The molecule has 98 valence electrons. The molecule has 3 nitrogen and oxygen atoms in total. The monoisotopic (exact) mass is 332 g/mol. The van der Waals surface area contributed by atoms with E-state index in [-0.39, 0.29) is 15.0 Å². The van der Waals surface area contributed by atoms with E-state index in [1.54, 1.807) is 5.82 Å². The summed E-state index contributed by atoms with van der Waals surface area (Å²) in [6, 6.07) is 10.2. The summed E-state index contributed by atoms with van der Waals surface area (Å²) in [5, 5.41) is 0. The minimum atomic E-state index is -3.03. The molecule has 0 amide bonds. The first-order chi connectivity index (χ1) is 8.45. The quantitative estimate of drug-likeness (QED) is 0.629. The molecule has 2 rings (SSSR count). The van der Waals surface area contributed by atoms with Gasteiger partial charge in [0.25, 0.3) is 0 Å².